The largest absolute Gasteiger partial charge is 0.395 e. The van der Waals surface area contributed by atoms with Crippen LogP contribution < -0.4 is 0 Å². The molecule has 3 heterocycles. The molecule has 8 heteroatoms. The molecule has 0 aliphatic carbocycles. The monoisotopic (exact) mass is 477 g/mol. The summed E-state index contributed by atoms with van der Waals surface area (Å²) in [4.78, 5) is 46.5. The highest BCUT2D eigenvalue weighted by molar-refractivity contribution is 8.02. The Kier molecular flexibility index (Phi) is 7.68. The van der Waals surface area contributed by atoms with Gasteiger partial charge in [-0.05, 0) is 33.1 Å². The van der Waals surface area contributed by atoms with E-state index in [9.17, 15) is 19.5 Å². The lowest BCUT2D eigenvalue weighted by Gasteiger charge is -2.39. The third-order valence-corrected chi connectivity index (χ3v) is 9.73. The first-order valence-corrected chi connectivity index (χ1v) is 12.8. The second kappa shape index (κ2) is 9.82. The molecule has 3 aliphatic heterocycles. The van der Waals surface area contributed by atoms with Gasteiger partial charge in [0, 0.05) is 37.5 Å². The molecule has 0 aromatic heterocycles. The number of hydrogen-bond acceptors (Lipinski definition) is 5. The minimum Gasteiger partial charge on any atom is -0.395 e. The van der Waals surface area contributed by atoms with E-state index in [-0.39, 0.29) is 36.9 Å². The maximum Gasteiger partial charge on any atom is 0.247 e. The molecule has 3 aliphatic rings. The van der Waals surface area contributed by atoms with Crippen molar-refractivity contribution in [2.24, 2.45) is 11.8 Å². The minimum absolute atomic E-state index is 0.0115. The molecule has 0 aromatic carbocycles. The van der Waals surface area contributed by atoms with Gasteiger partial charge in [-0.1, -0.05) is 25.5 Å². The van der Waals surface area contributed by atoms with Crippen molar-refractivity contribution in [1.29, 1.82) is 0 Å². The summed E-state index contributed by atoms with van der Waals surface area (Å²) in [7, 11) is 1.74. The van der Waals surface area contributed by atoms with E-state index in [2.05, 4.69) is 27.0 Å². The number of hydrogen-bond donors (Lipinski definition) is 1. The molecule has 3 amide bonds. The zero-order valence-corrected chi connectivity index (χ0v) is 21.3. The lowest BCUT2D eigenvalue weighted by Crippen LogP contribution is -2.57. The van der Waals surface area contributed by atoms with Crippen molar-refractivity contribution in [2.45, 2.75) is 68.0 Å². The van der Waals surface area contributed by atoms with Crippen LogP contribution in [0.4, 0.5) is 0 Å². The van der Waals surface area contributed by atoms with Gasteiger partial charge < -0.3 is 19.8 Å². The first-order chi connectivity index (χ1) is 15.6. The van der Waals surface area contributed by atoms with E-state index in [0.29, 0.717) is 19.5 Å². The van der Waals surface area contributed by atoms with Gasteiger partial charge in [-0.3, -0.25) is 14.4 Å². The summed E-state index contributed by atoms with van der Waals surface area (Å²) in [6.07, 6.45) is 6.70. The fourth-order valence-corrected chi connectivity index (χ4v) is 8.65. The van der Waals surface area contributed by atoms with Crippen molar-refractivity contribution in [3.8, 4) is 0 Å². The van der Waals surface area contributed by atoms with E-state index in [0.717, 1.165) is 19.3 Å². The summed E-state index contributed by atoms with van der Waals surface area (Å²) < 4.78 is -1.05. The fourth-order valence-electron chi connectivity index (χ4n) is 6.31. The molecule has 3 saturated heterocycles. The van der Waals surface area contributed by atoms with Gasteiger partial charge in [0.05, 0.1) is 23.2 Å². The summed E-state index contributed by atoms with van der Waals surface area (Å²) in [5, 5.41) is 9.77. The number of nitrogens with zero attached hydrogens (tertiary/aromatic N) is 3. The van der Waals surface area contributed by atoms with Crippen LogP contribution in [0.15, 0.2) is 25.3 Å². The molecule has 0 saturated carbocycles. The first-order valence-electron chi connectivity index (χ1n) is 12.0. The van der Waals surface area contributed by atoms with Crippen molar-refractivity contribution in [1.82, 2.24) is 14.7 Å². The van der Waals surface area contributed by atoms with Gasteiger partial charge >= 0.3 is 0 Å². The summed E-state index contributed by atoms with van der Waals surface area (Å²) in [6, 6.07) is -0.673. The number of fused-ring (bicyclic) bond motifs is 1. The Morgan fingerprint density at radius 1 is 1.27 bits per heavy atom. The molecule has 0 radical (unpaired) electrons. The van der Waals surface area contributed by atoms with Crippen molar-refractivity contribution in [3.63, 3.8) is 0 Å². The number of amides is 3. The second-order valence-electron chi connectivity index (χ2n) is 9.91. The Labute approximate surface area is 202 Å². The molecule has 2 bridgehead atoms. The highest BCUT2D eigenvalue weighted by Gasteiger charge is 2.77. The Hall–Kier alpha value is -1.80. The predicted molar refractivity (Wildman–Crippen MR) is 132 cm³/mol. The number of aliphatic hydroxyl groups excluding tert-OH is 1. The van der Waals surface area contributed by atoms with Crippen LogP contribution >= 0.6 is 11.8 Å². The third-order valence-electron chi connectivity index (χ3n) is 7.74. The molecule has 33 heavy (non-hydrogen) atoms. The number of aliphatic hydroxyl groups is 1. The lowest BCUT2D eigenvalue weighted by atomic mass is 9.66. The van der Waals surface area contributed by atoms with Gasteiger partial charge in [0.2, 0.25) is 17.7 Å². The van der Waals surface area contributed by atoms with E-state index in [4.69, 9.17) is 0 Å². The van der Waals surface area contributed by atoms with Crippen LogP contribution in [0.25, 0.3) is 0 Å². The smallest absolute Gasteiger partial charge is 0.247 e. The van der Waals surface area contributed by atoms with Crippen molar-refractivity contribution < 1.29 is 19.5 Å². The maximum atomic E-state index is 14.1. The van der Waals surface area contributed by atoms with E-state index < -0.39 is 27.4 Å². The number of β-amino-alcohol motifs (C(OH)–C–C–N with tert-alkyl or cyclic N) is 1. The average Bonchev–Trinajstić information content (AvgIpc) is 3.33. The SMILES string of the molecule is C=CCN(C)C(=O)[C@@H]1[C@H]2C(=O)N(CCO)C(C(=O)N(CC=C)C(C)CCC)C23CC[C@@]1(C)S3. The molecular weight excluding hydrogens is 438 g/mol. The van der Waals surface area contributed by atoms with Crippen molar-refractivity contribution >= 4 is 29.5 Å². The minimum atomic E-state index is -0.684. The molecule has 6 atom stereocenters. The summed E-state index contributed by atoms with van der Waals surface area (Å²) >= 11 is 1.66. The topological polar surface area (TPSA) is 81.2 Å². The van der Waals surface area contributed by atoms with Crippen LogP contribution in [0, 0.1) is 11.8 Å². The van der Waals surface area contributed by atoms with Crippen LogP contribution in [0.5, 0.6) is 0 Å². The van der Waals surface area contributed by atoms with Gasteiger partial charge in [0.15, 0.2) is 0 Å². The zero-order chi connectivity index (χ0) is 24.6. The van der Waals surface area contributed by atoms with Gasteiger partial charge in [-0.15, -0.1) is 24.9 Å². The molecule has 3 rings (SSSR count). The van der Waals surface area contributed by atoms with Gasteiger partial charge in [0.25, 0.3) is 0 Å². The Morgan fingerprint density at radius 2 is 1.94 bits per heavy atom. The van der Waals surface area contributed by atoms with E-state index in [1.807, 2.05) is 11.8 Å². The Balaban J connectivity index is 2.06. The standard InChI is InChI=1S/C25H39N3O4S/c1-7-10-17(4)27(14-9-3)23(32)20-25-12-11-24(5,33-25)18(21(30)26(6)13-8-2)19(25)22(31)28(20)15-16-29/h8-9,17-20,29H,2-3,7,10-16H2,1,4-6H3/t17?,18-,19-,20?,24+,25?/m0/s1. The lowest BCUT2D eigenvalue weighted by molar-refractivity contribution is -0.145. The number of carbonyl (C=O) groups is 3. The molecular formula is C25H39N3O4S. The van der Waals surface area contributed by atoms with E-state index >= 15 is 0 Å². The number of likely N-dealkylation sites (N-methyl/N-ethyl adjacent to an activating group) is 1. The van der Waals surface area contributed by atoms with Crippen molar-refractivity contribution in [2.75, 3.05) is 33.3 Å². The molecule has 184 valence electrons. The quantitative estimate of drug-likeness (QED) is 0.462. The molecule has 7 nitrogen and oxygen atoms in total. The summed E-state index contributed by atoms with van der Waals surface area (Å²) in [6.45, 7) is 14.5. The van der Waals surface area contributed by atoms with Crippen LogP contribution in [-0.2, 0) is 14.4 Å². The fraction of sp³-hybridized carbons (Fsp3) is 0.720. The molecule has 1 N–H and O–H groups in total. The average molecular weight is 478 g/mol. The van der Waals surface area contributed by atoms with Crippen LogP contribution in [0.3, 0.4) is 0 Å². The highest BCUT2D eigenvalue weighted by Crippen LogP contribution is 2.71. The van der Waals surface area contributed by atoms with Gasteiger partial charge in [0.1, 0.15) is 6.04 Å². The van der Waals surface area contributed by atoms with Gasteiger partial charge in [-0.25, -0.2) is 0 Å². The number of thioether (sulfide) groups is 1. The predicted octanol–water partition coefficient (Wildman–Crippen LogP) is 2.31. The molecule has 1 spiro atoms. The van der Waals surface area contributed by atoms with Crippen LogP contribution in [-0.4, -0.2) is 92.4 Å². The Bertz CT molecular complexity index is 819. The second-order valence-corrected chi connectivity index (χ2v) is 11.8. The number of rotatable bonds is 11. The number of carbonyl (C=O) groups excluding carboxylic acids is 3. The summed E-state index contributed by atoms with van der Waals surface area (Å²) in [5.41, 5.74) is 0. The molecule has 3 unspecified atom stereocenters. The van der Waals surface area contributed by atoms with E-state index in [1.54, 1.807) is 40.8 Å². The number of likely N-dealkylation sites (tertiary alicyclic amines) is 1. The maximum absolute atomic E-state index is 14.1. The third kappa shape index (κ3) is 4.03. The molecule has 0 aromatic rings. The highest BCUT2D eigenvalue weighted by atomic mass is 32.2. The summed E-state index contributed by atoms with van der Waals surface area (Å²) in [5.74, 6) is -1.39. The molecule has 3 fully saturated rings. The van der Waals surface area contributed by atoms with Crippen molar-refractivity contribution in [3.05, 3.63) is 25.3 Å². The Morgan fingerprint density at radius 3 is 2.52 bits per heavy atom. The van der Waals surface area contributed by atoms with Gasteiger partial charge in [-0.2, -0.15) is 0 Å². The van der Waals surface area contributed by atoms with Crippen LogP contribution in [0.1, 0.15) is 46.5 Å². The van der Waals surface area contributed by atoms with E-state index in [1.165, 1.54) is 0 Å². The van der Waals surface area contributed by atoms with Crippen LogP contribution in [0.2, 0.25) is 0 Å². The zero-order valence-electron chi connectivity index (χ0n) is 20.5. The first kappa shape index (κ1) is 25.8. The normalized spacial score (nSPS) is 33.1.